The first-order valence-electron chi connectivity index (χ1n) is 5.37. The molecule has 0 atom stereocenters. The van der Waals surface area contributed by atoms with E-state index in [1.54, 1.807) is 42.5 Å². The molecule has 3 nitrogen and oxygen atoms in total. The average Bonchev–Trinajstić information content (AvgIpc) is 2.42. The lowest BCUT2D eigenvalue weighted by molar-refractivity contribution is 0.102. The molecular weight excluding hydrogens is 375 g/mol. The molecule has 2 aromatic rings. The molecule has 94 valence electrons. The highest BCUT2D eigenvalue weighted by molar-refractivity contribution is 14.1. The Hall–Kier alpha value is -1.58. The number of anilines is 1. The van der Waals surface area contributed by atoms with Crippen LogP contribution in [0.2, 0.25) is 5.02 Å². The summed E-state index contributed by atoms with van der Waals surface area (Å²) in [7, 11) is 0. The van der Waals surface area contributed by atoms with Gasteiger partial charge in [-0.15, -0.1) is 0 Å². The summed E-state index contributed by atoms with van der Waals surface area (Å²) < 4.78 is 0.868. The fraction of sp³-hybridized carbons (Fsp3) is 0. The number of nitriles is 1. The zero-order valence-corrected chi connectivity index (χ0v) is 12.6. The molecule has 1 amide bonds. The summed E-state index contributed by atoms with van der Waals surface area (Å²) in [4.78, 5) is 12.0. The smallest absolute Gasteiger partial charge is 0.255 e. The monoisotopic (exact) mass is 382 g/mol. The predicted octanol–water partition coefficient (Wildman–Crippen LogP) is 4.07. The molecule has 5 heteroatoms. The Balaban J connectivity index is 2.18. The van der Waals surface area contributed by atoms with Gasteiger partial charge >= 0.3 is 0 Å². The first-order valence-corrected chi connectivity index (χ1v) is 6.82. The normalized spacial score (nSPS) is 9.74. The summed E-state index contributed by atoms with van der Waals surface area (Å²) in [6.45, 7) is 0. The van der Waals surface area contributed by atoms with Gasteiger partial charge in [0.2, 0.25) is 0 Å². The Labute approximate surface area is 129 Å². The number of hydrogen-bond acceptors (Lipinski definition) is 2. The third kappa shape index (κ3) is 3.46. The summed E-state index contributed by atoms with van der Waals surface area (Å²) in [5.74, 6) is -0.218. The second-order valence-corrected chi connectivity index (χ2v) is 5.37. The summed E-state index contributed by atoms with van der Waals surface area (Å²) in [6, 6.07) is 13.7. The Morgan fingerprint density at radius 1 is 1.21 bits per heavy atom. The largest absolute Gasteiger partial charge is 0.321 e. The zero-order chi connectivity index (χ0) is 13.8. The number of amides is 1. The quantitative estimate of drug-likeness (QED) is 0.796. The minimum absolute atomic E-state index is 0.218. The van der Waals surface area contributed by atoms with Crippen LogP contribution in [-0.2, 0) is 0 Å². The van der Waals surface area contributed by atoms with E-state index in [4.69, 9.17) is 16.9 Å². The molecule has 0 saturated heterocycles. The van der Waals surface area contributed by atoms with Crippen LogP contribution in [0.5, 0.6) is 0 Å². The fourth-order valence-electron chi connectivity index (χ4n) is 1.48. The Morgan fingerprint density at radius 3 is 2.47 bits per heavy atom. The summed E-state index contributed by atoms with van der Waals surface area (Å²) in [5, 5.41) is 12.1. The standard InChI is InChI=1S/C14H8ClIN2O/c15-11-5-6-13(12(16)7-11)18-14(19)10-3-1-9(8-17)2-4-10/h1-7H,(H,18,19). The van der Waals surface area contributed by atoms with Crippen molar-refractivity contribution < 1.29 is 4.79 Å². The lowest BCUT2D eigenvalue weighted by atomic mass is 10.1. The molecule has 0 radical (unpaired) electrons. The number of nitrogens with zero attached hydrogens (tertiary/aromatic N) is 1. The lowest BCUT2D eigenvalue weighted by Crippen LogP contribution is -2.12. The van der Waals surface area contributed by atoms with Crippen LogP contribution in [0.25, 0.3) is 0 Å². The molecule has 0 fully saturated rings. The number of carbonyl (C=O) groups is 1. The molecule has 0 aromatic heterocycles. The third-order valence-corrected chi connectivity index (χ3v) is 3.58. The van der Waals surface area contributed by atoms with Crippen LogP contribution in [0.3, 0.4) is 0 Å². The maximum Gasteiger partial charge on any atom is 0.255 e. The van der Waals surface area contributed by atoms with Crippen LogP contribution in [-0.4, -0.2) is 5.91 Å². The van der Waals surface area contributed by atoms with Crippen molar-refractivity contribution in [2.45, 2.75) is 0 Å². The van der Waals surface area contributed by atoms with Crippen molar-refractivity contribution in [2.24, 2.45) is 0 Å². The molecule has 2 rings (SSSR count). The van der Waals surface area contributed by atoms with Crippen molar-refractivity contribution in [1.29, 1.82) is 5.26 Å². The van der Waals surface area contributed by atoms with Gasteiger partial charge in [0, 0.05) is 14.2 Å². The molecule has 0 saturated carbocycles. The molecule has 1 N–H and O–H groups in total. The molecular formula is C14H8ClIN2O. The zero-order valence-electron chi connectivity index (χ0n) is 9.65. The minimum Gasteiger partial charge on any atom is -0.321 e. The number of carbonyl (C=O) groups excluding carboxylic acids is 1. The number of benzene rings is 2. The number of nitrogens with one attached hydrogen (secondary N) is 1. The van der Waals surface area contributed by atoms with Crippen LogP contribution in [0, 0.1) is 14.9 Å². The molecule has 0 bridgehead atoms. The topological polar surface area (TPSA) is 52.9 Å². The van der Waals surface area contributed by atoms with Gasteiger partial charge in [0.15, 0.2) is 0 Å². The third-order valence-electron chi connectivity index (χ3n) is 2.46. The van der Waals surface area contributed by atoms with E-state index in [0.717, 1.165) is 3.57 Å². The summed E-state index contributed by atoms with van der Waals surface area (Å²) in [5.41, 5.74) is 1.74. The molecule has 0 unspecified atom stereocenters. The Bertz CT molecular complexity index is 662. The van der Waals surface area contributed by atoms with Gasteiger partial charge in [-0.3, -0.25) is 4.79 Å². The summed E-state index contributed by atoms with van der Waals surface area (Å²) in [6.07, 6.45) is 0. The van der Waals surface area contributed by atoms with Gasteiger partial charge in [0.05, 0.1) is 17.3 Å². The van der Waals surface area contributed by atoms with Crippen LogP contribution < -0.4 is 5.32 Å². The SMILES string of the molecule is N#Cc1ccc(C(=O)Nc2ccc(Cl)cc2I)cc1. The second kappa shape index (κ2) is 6.04. The van der Waals surface area contributed by atoms with E-state index in [1.165, 1.54) is 0 Å². The van der Waals surface area contributed by atoms with Crippen LogP contribution in [0.1, 0.15) is 15.9 Å². The highest BCUT2D eigenvalue weighted by atomic mass is 127. The van der Waals surface area contributed by atoms with Crippen LogP contribution >= 0.6 is 34.2 Å². The van der Waals surface area contributed by atoms with Gasteiger partial charge in [0.1, 0.15) is 0 Å². The molecule has 2 aromatic carbocycles. The predicted molar refractivity (Wildman–Crippen MR) is 83.3 cm³/mol. The van der Waals surface area contributed by atoms with E-state index in [2.05, 4.69) is 27.9 Å². The van der Waals surface area contributed by atoms with Crippen molar-refractivity contribution in [3.05, 3.63) is 62.2 Å². The average molecular weight is 383 g/mol. The van der Waals surface area contributed by atoms with Crippen molar-refractivity contribution >= 4 is 45.8 Å². The maximum atomic E-state index is 12.0. The lowest BCUT2D eigenvalue weighted by Gasteiger charge is -2.07. The molecule has 0 aliphatic rings. The van der Waals surface area contributed by atoms with Gasteiger partial charge in [-0.2, -0.15) is 5.26 Å². The van der Waals surface area contributed by atoms with E-state index in [1.807, 2.05) is 6.07 Å². The molecule has 0 heterocycles. The van der Waals surface area contributed by atoms with Gasteiger partial charge in [-0.1, -0.05) is 11.6 Å². The fourth-order valence-corrected chi connectivity index (χ4v) is 2.49. The number of hydrogen-bond donors (Lipinski definition) is 1. The molecule has 0 spiro atoms. The minimum atomic E-state index is -0.218. The van der Waals surface area contributed by atoms with Gasteiger partial charge in [0.25, 0.3) is 5.91 Å². The first-order chi connectivity index (χ1) is 9.10. The molecule has 0 aliphatic carbocycles. The van der Waals surface area contributed by atoms with E-state index < -0.39 is 0 Å². The summed E-state index contributed by atoms with van der Waals surface area (Å²) >= 11 is 7.96. The van der Waals surface area contributed by atoms with Gasteiger partial charge in [-0.05, 0) is 65.1 Å². The molecule has 19 heavy (non-hydrogen) atoms. The van der Waals surface area contributed by atoms with E-state index in [9.17, 15) is 4.79 Å². The van der Waals surface area contributed by atoms with E-state index >= 15 is 0 Å². The second-order valence-electron chi connectivity index (χ2n) is 3.77. The van der Waals surface area contributed by atoms with Crippen molar-refractivity contribution in [3.8, 4) is 6.07 Å². The maximum absolute atomic E-state index is 12.0. The molecule has 0 aliphatic heterocycles. The van der Waals surface area contributed by atoms with Gasteiger partial charge in [-0.25, -0.2) is 0 Å². The van der Waals surface area contributed by atoms with E-state index in [-0.39, 0.29) is 5.91 Å². The van der Waals surface area contributed by atoms with Crippen LogP contribution in [0.4, 0.5) is 5.69 Å². The number of rotatable bonds is 2. The Kier molecular flexibility index (Phi) is 4.40. The van der Waals surface area contributed by atoms with Crippen molar-refractivity contribution in [1.82, 2.24) is 0 Å². The first kappa shape index (κ1) is 13.8. The highest BCUT2D eigenvalue weighted by Gasteiger charge is 2.08. The van der Waals surface area contributed by atoms with E-state index in [0.29, 0.717) is 21.8 Å². The van der Waals surface area contributed by atoms with Crippen molar-refractivity contribution in [2.75, 3.05) is 5.32 Å². The highest BCUT2D eigenvalue weighted by Crippen LogP contribution is 2.22. The Morgan fingerprint density at radius 2 is 1.89 bits per heavy atom. The number of halogens is 2. The van der Waals surface area contributed by atoms with Gasteiger partial charge < -0.3 is 5.32 Å². The van der Waals surface area contributed by atoms with Crippen molar-refractivity contribution in [3.63, 3.8) is 0 Å². The van der Waals surface area contributed by atoms with Crippen LogP contribution in [0.15, 0.2) is 42.5 Å².